The average molecular weight is 311 g/mol. The molecule has 3 rings (SSSR count). The summed E-state index contributed by atoms with van der Waals surface area (Å²) in [6.45, 7) is 2.52. The molecule has 8 heteroatoms. The van der Waals surface area contributed by atoms with Crippen LogP contribution in [0.15, 0.2) is 36.9 Å². The van der Waals surface area contributed by atoms with E-state index in [9.17, 15) is 4.79 Å². The SMILES string of the molecule is Cc1nc(-c2cccc(NC(=O)CCCn3cncn3)c2)n[nH]1. The van der Waals surface area contributed by atoms with Crippen molar-refractivity contribution >= 4 is 11.6 Å². The number of aromatic amines is 1. The zero-order valence-electron chi connectivity index (χ0n) is 12.7. The van der Waals surface area contributed by atoms with Crippen molar-refractivity contribution in [1.82, 2.24) is 29.9 Å². The van der Waals surface area contributed by atoms with Crippen LogP contribution >= 0.6 is 0 Å². The minimum Gasteiger partial charge on any atom is -0.326 e. The molecule has 0 atom stereocenters. The number of nitrogens with zero attached hydrogens (tertiary/aromatic N) is 5. The third-order valence-electron chi connectivity index (χ3n) is 3.26. The van der Waals surface area contributed by atoms with Crippen LogP contribution in [0, 0.1) is 6.92 Å². The number of anilines is 1. The molecule has 0 spiro atoms. The summed E-state index contributed by atoms with van der Waals surface area (Å²) in [5.74, 6) is 1.33. The fraction of sp³-hybridized carbons (Fsp3) is 0.267. The molecular weight excluding hydrogens is 294 g/mol. The molecular formula is C15H17N7O. The van der Waals surface area contributed by atoms with Crippen molar-refractivity contribution in [3.63, 3.8) is 0 Å². The Labute approximate surface area is 133 Å². The van der Waals surface area contributed by atoms with E-state index in [4.69, 9.17) is 0 Å². The van der Waals surface area contributed by atoms with Crippen LogP contribution in [0.25, 0.3) is 11.4 Å². The van der Waals surface area contributed by atoms with Gasteiger partial charge >= 0.3 is 0 Å². The minimum atomic E-state index is -0.0339. The Morgan fingerprint density at radius 1 is 1.39 bits per heavy atom. The Morgan fingerprint density at radius 2 is 2.30 bits per heavy atom. The molecule has 3 aromatic rings. The number of hydrogen-bond donors (Lipinski definition) is 2. The summed E-state index contributed by atoms with van der Waals surface area (Å²) in [4.78, 5) is 20.1. The predicted octanol–water partition coefficient (Wildman–Crippen LogP) is 1.79. The third-order valence-corrected chi connectivity index (χ3v) is 3.26. The minimum absolute atomic E-state index is 0.0339. The van der Waals surface area contributed by atoms with Gasteiger partial charge in [-0.15, -0.1) is 0 Å². The molecule has 23 heavy (non-hydrogen) atoms. The van der Waals surface area contributed by atoms with Crippen LogP contribution in [0.5, 0.6) is 0 Å². The maximum atomic E-state index is 12.0. The van der Waals surface area contributed by atoms with Crippen molar-refractivity contribution in [2.24, 2.45) is 0 Å². The first-order valence-electron chi connectivity index (χ1n) is 7.32. The van der Waals surface area contributed by atoms with E-state index < -0.39 is 0 Å². The second-order valence-electron chi connectivity index (χ2n) is 5.14. The van der Waals surface area contributed by atoms with Crippen LogP contribution in [0.2, 0.25) is 0 Å². The lowest BCUT2D eigenvalue weighted by Crippen LogP contribution is -2.12. The van der Waals surface area contributed by atoms with Gasteiger partial charge in [-0.05, 0) is 25.5 Å². The summed E-state index contributed by atoms with van der Waals surface area (Å²) in [6.07, 6.45) is 4.25. The molecule has 1 amide bonds. The lowest BCUT2D eigenvalue weighted by molar-refractivity contribution is -0.116. The zero-order valence-corrected chi connectivity index (χ0v) is 12.7. The van der Waals surface area contributed by atoms with Gasteiger partial charge in [0.25, 0.3) is 0 Å². The number of amides is 1. The molecule has 8 nitrogen and oxygen atoms in total. The van der Waals surface area contributed by atoms with Gasteiger partial charge in [-0.3, -0.25) is 14.6 Å². The standard InChI is InChI=1S/C15H17N7O/c1-11-18-15(21-20-11)12-4-2-5-13(8-12)19-14(23)6-3-7-22-10-16-9-17-22/h2,4-5,8-10H,3,6-7H2,1H3,(H,19,23)(H,18,20,21). The normalized spacial score (nSPS) is 10.7. The summed E-state index contributed by atoms with van der Waals surface area (Å²) in [6, 6.07) is 7.48. The van der Waals surface area contributed by atoms with Gasteiger partial charge in [0.05, 0.1) is 0 Å². The molecule has 118 valence electrons. The number of carbonyl (C=O) groups is 1. The second kappa shape index (κ2) is 6.82. The summed E-state index contributed by atoms with van der Waals surface area (Å²) in [5, 5.41) is 13.8. The summed E-state index contributed by atoms with van der Waals surface area (Å²) in [7, 11) is 0. The summed E-state index contributed by atoms with van der Waals surface area (Å²) >= 11 is 0. The van der Waals surface area contributed by atoms with Crippen molar-refractivity contribution in [1.29, 1.82) is 0 Å². The molecule has 2 N–H and O–H groups in total. The highest BCUT2D eigenvalue weighted by Crippen LogP contribution is 2.19. The maximum Gasteiger partial charge on any atom is 0.224 e. The maximum absolute atomic E-state index is 12.0. The second-order valence-corrected chi connectivity index (χ2v) is 5.14. The van der Waals surface area contributed by atoms with Crippen LogP contribution in [0.4, 0.5) is 5.69 Å². The van der Waals surface area contributed by atoms with Gasteiger partial charge in [0.2, 0.25) is 5.91 Å². The number of nitrogens with one attached hydrogen (secondary N) is 2. The number of hydrogen-bond acceptors (Lipinski definition) is 5. The van der Waals surface area contributed by atoms with Crippen molar-refractivity contribution in [2.45, 2.75) is 26.3 Å². The monoisotopic (exact) mass is 311 g/mol. The van der Waals surface area contributed by atoms with E-state index in [1.54, 1.807) is 11.0 Å². The molecule has 2 heterocycles. The van der Waals surface area contributed by atoms with Crippen molar-refractivity contribution in [2.75, 3.05) is 5.32 Å². The molecule has 0 radical (unpaired) electrons. The van der Waals surface area contributed by atoms with Crippen LogP contribution in [-0.4, -0.2) is 35.9 Å². The third kappa shape index (κ3) is 4.00. The lowest BCUT2D eigenvalue weighted by atomic mass is 10.2. The number of H-pyrrole nitrogens is 1. The fourth-order valence-electron chi connectivity index (χ4n) is 2.18. The lowest BCUT2D eigenvalue weighted by Gasteiger charge is -2.06. The Balaban J connectivity index is 1.56. The summed E-state index contributed by atoms with van der Waals surface area (Å²) in [5.41, 5.74) is 1.59. The van der Waals surface area contributed by atoms with Crippen LogP contribution in [0.3, 0.4) is 0 Å². The van der Waals surface area contributed by atoms with E-state index >= 15 is 0 Å². The van der Waals surface area contributed by atoms with Gasteiger partial charge in [0.15, 0.2) is 5.82 Å². The van der Waals surface area contributed by atoms with E-state index in [0.29, 0.717) is 25.2 Å². The van der Waals surface area contributed by atoms with Gasteiger partial charge in [-0.1, -0.05) is 12.1 Å². The van der Waals surface area contributed by atoms with E-state index in [-0.39, 0.29) is 5.91 Å². The first-order chi connectivity index (χ1) is 11.2. The highest BCUT2D eigenvalue weighted by molar-refractivity contribution is 5.91. The Hall–Kier alpha value is -3.03. The number of benzene rings is 1. The van der Waals surface area contributed by atoms with Gasteiger partial charge in [-0.25, -0.2) is 9.97 Å². The van der Waals surface area contributed by atoms with Gasteiger partial charge < -0.3 is 5.32 Å². The average Bonchev–Trinajstić information content (AvgIpc) is 3.19. The molecule has 0 saturated carbocycles. The largest absolute Gasteiger partial charge is 0.326 e. The van der Waals surface area contributed by atoms with Crippen LogP contribution in [-0.2, 0) is 11.3 Å². The number of rotatable bonds is 6. The van der Waals surface area contributed by atoms with Crippen molar-refractivity contribution < 1.29 is 4.79 Å². The highest BCUT2D eigenvalue weighted by atomic mass is 16.1. The Morgan fingerprint density at radius 3 is 3.04 bits per heavy atom. The molecule has 0 fully saturated rings. The van der Waals surface area contributed by atoms with Crippen LogP contribution in [0.1, 0.15) is 18.7 Å². The zero-order chi connectivity index (χ0) is 16.1. The highest BCUT2D eigenvalue weighted by Gasteiger charge is 2.07. The smallest absolute Gasteiger partial charge is 0.224 e. The van der Waals surface area contributed by atoms with Gasteiger partial charge in [0.1, 0.15) is 18.5 Å². The molecule has 0 saturated heterocycles. The predicted molar refractivity (Wildman–Crippen MR) is 84.4 cm³/mol. The molecule has 0 unspecified atom stereocenters. The number of aromatic nitrogens is 6. The Kier molecular flexibility index (Phi) is 4.41. The van der Waals surface area contributed by atoms with E-state index in [0.717, 1.165) is 17.1 Å². The molecule has 0 aliphatic carbocycles. The van der Waals surface area contributed by atoms with Crippen LogP contribution < -0.4 is 5.32 Å². The van der Waals surface area contributed by atoms with E-state index in [1.807, 2.05) is 31.2 Å². The molecule has 0 aliphatic rings. The first kappa shape index (κ1) is 14.9. The summed E-state index contributed by atoms with van der Waals surface area (Å²) < 4.78 is 1.71. The number of carbonyl (C=O) groups excluding carboxylic acids is 1. The first-order valence-corrected chi connectivity index (χ1v) is 7.32. The molecule has 1 aromatic carbocycles. The van der Waals surface area contributed by atoms with E-state index in [1.165, 1.54) is 6.33 Å². The topological polar surface area (TPSA) is 101 Å². The Bertz CT molecular complexity index is 779. The van der Waals surface area contributed by atoms with Gasteiger partial charge in [-0.2, -0.15) is 10.2 Å². The van der Waals surface area contributed by atoms with Crippen molar-refractivity contribution in [3.8, 4) is 11.4 Å². The van der Waals surface area contributed by atoms with Gasteiger partial charge in [0, 0.05) is 24.2 Å². The van der Waals surface area contributed by atoms with E-state index in [2.05, 4.69) is 30.6 Å². The molecule has 0 aliphatic heterocycles. The fourth-order valence-corrected chi connectivity index (χ4v) is 2.18. The molecule has 0 bridgehead atoms. The van der Waals surface area contributed by atoms with Crippen molar-refractivity contribution in [3.05, 3.63) is 42.7 Å². The quantitative estimate of drug-likeness (QED) is 0.722. The molecule has 2 aromatic heterocycles. The number of aryl methyl sites for hydroxylation is 2.